The van der Waals surface area contributed by atoms with Crippen LogP contribution in [0.2, 0.25) is 0 Å². The van der Waals surface area contributed by atoms with Gasteiger partial charge in [-0.1, -0.05) is 25.1 Å². The summed E-state index contributed by atoms with van der Waals surface area (Å²) in [4.78, 5) is 13.8. The second-order valence-electron chi connectivity index (χ2n) is 6.11. The summed E-state index contributed by atoms with van der Waals surface area (Å²) in [6.07, 6.45) is 1.77. The van der Waals surface area contributed by atoms with Crippen molar-refractivity contribution in [1.29, 1.82) is 0 Å². The van der Waals surface area contributed by atoms with E-state index in [0.29, 0.717) is 6.54 Å². The smallest absolute Gasteiger partial charge is 0.410 e. The van der Waals surface area contributed by atoms with E-state index in [1.807, 2.05) is 20.8 Å². The van der Waals surface area contributed by atoms with Crippen LogP contribution >= 0.6 is 0 Å². The van der Waals surface area contributed by atoms with E-state index in [0.717, 1.165) is 19.4 Å². The molecular weight excluding hydrogens is 238 g/mol. The summed E-state index contributed by atoms with van der Waals surface area (Å²) in [6.45, 7) is 9.27. The van der Waals surface area contributed by atoms with Gasteiger partial charge in [0.25, 0.3) is 0 Å². The lowest BCUT2D eigenvalue weighted by atomic mass is 9.97. The lowest BCUT2D eigenvalue weighted by Crippen LogP contribution is -2.39. The van der Waals surface area contributed by atoms with Gasteiger partial charge >= 0.3 is 6.09 Å². The molecule has 0 aromatic heterocycles. The van der Waals surface area contributed by atoms with Gasteiger partial charge in [0.15, 0.2) is 0 Å². The first kappa shape index (κ1) is 13.9. The molecule has 0 N–H and O–H groups in total. The molecule has 3 nitrogen and oxygen atoms in total. The molecule has 19 heavy (non-hydrogen) atoms. The average molecular weight is 261 g/mol. The highest BCUT2D eigenvalue weighted by Gasteiger charge is 2.25. The number of carbonyl (C=O) groups excluding carboxylic acids is 1. The zero-order chi connectivity index (χ0) is 14.0. The third kappa shape index (κ3) is 3.49. The summed E-state index contributed by atoms with van der Waals surface area (Å²) in [5.41, 5.74) is 3.56. The summed E-state index contributed by atoms with van der Waals surface area (Å²) in [7, 11) is 0. The Morgan fingerprint density at radius 3 is 2.68 bits per heavy atom. The Labute approximate surface area is 115 Å². The largest absolute Gasteiger partial charge is 0.444 e. The van der Waals surface area contributed by atoms with Crippen LogP contribution in [0.3, 0.4) is 0 Å². The van der Waals surface area contributed by atoms with E-state index in [4.69, 9.17) is 4.74 Å². The Hall–Kier alpha value is -1.51. The van der Waals surface area contributed by atoms with E-state index < -0.39 is 5.60 Å². The third-order valence-corrected chi connectivity index (χ3v) is 3.34. The van der Waals surface area contributed by atoms with Gasteiger partial charge in [-0.05, 0) is 50.3 Å². The summed E-state index contributed by atoms with van der Waals surface area (Å²) in [5, 5.41) is 0. The van der Waals surface area contributed by atoms with E-state index in [9.17, 15) is 4.79 Å². The molecule has 1 heterocycles. The van der Waals surface area contributed by atoms with Gasteiger partial charge in [0.05, 0.1) is 0 Å². The summed E-state index contributed by atoms with van der Waals surface area (Å²) in [5.74, 6) is 0. The molecule has 0 radical (unpaired) electrons. The van der Waals surface area contributed by atoms with Crippen LogP contribution in [0.5, 0.6) is 0 Å². The first-order chi connectivity index (χ1) is 8.89. The maximum Gasteiger partial charge on any atom is 0.410 e. The van der Waals surface area contributed by atoms with Crippen molar-refractivity contribution in [1.82, 2.24) is 4.90 Å². The van der Waals surface area contributed by atoms with Crippen LogP contribution in [-0.4, -0.2) is 23.1 Å². The standard InChI is InChI=1S/C16H23NO2/c1-5-12-6-7-14-11-17(9-8-13(14)10-12)15(18)19-16(2,3)4/h6-7,10H,5,8-9,11H2,1-4H3. The van der Waals surface area contributed by atoms with E-state index in [1.54, 1.807) is 4.90 Å². The fraction of sp³-hybridized carbons (Fsp3) is 0.562. The van der Waals surface area contributed by atoms with Crippen molar-refractivity contribution in [3.05, 3.63) is 34.9 Å². The van der Waals surface area contributed by atoms with Gasteiger partial charge in [-0.25, -0.2) is 4.79 Å². The fourth-order valence-corrected chi connectivity index (χ4v) is 2.31. The minimum Gasteiger partial charge on any atom is -0.444 e. The molecule has 0 bridgehead atoms. The van der Waals surface area contributed by atoms with E-state index in [2.05, 4.69) is 25.1 Å². The van der Waals surface area contributed by atoms with E-state index >= 15 is 0 Å². The van der Waals surface area contributed by atoms with Crippen molar-refractivity contribution in [2.24, 2.45) is 0 Å². The number of fused-ring (bicyclic) bond motifs is 1. The quantitative estimate of drug-likeness (QED) is 0.774. The highest BCUT2D eigenvalue weighted by atomic mass is 16.6. The Morgan fingerprint density at radius 2 is 2.05 bits per heavy atom. The second-order valence-corrected chi connectivity index (χ2v) is 6.11. The van der Waals surface area contributed by atoms with Gasteiger partial charge in [-0.2, -0.15) is 0 Å². The molecule has 1 amide bonds. The van der Waals surface area contributed by atoms with Crippen LogP contribution in [-0.2, 0) is 24.1 Å². The second kappa shape index (κ2) is 5.24. The predicted molar refractivity (Wildman–Crippen MR) is 76.2 cm³/mol. The number of carbonyl (C=O) groups is 1. The molecule has 0 unspecified atom stereocenters. The molecule has 0 saturated carbocycles. The Balaban J connectivity index is 2.08. The molecule has 0 saturated heterocycles. The highest BCUT2D eigenvalue weighted by Crippen LogP contribution is 2.22. The first-order valence-corrected chi connectivity index (χ1v) is 6.97. The topological polar surface area (TPSA) is 29.5 Å². The number of rotatable bonds is 1. The lowest BCUT2D eigenvalue weighted by molar-refractivity contribution is 0.0224. The summed E-state index contributed by atoms with van der Waals surface area (Å²) < 4.78 is 5.42. The van der Waals surface area contributed by atoms with Gasteiger partial charge in [-0.3, -0.25) is 0 Å². The van der Waals surface area contributed by atoms with Crippen molar-refractivity contribution < 1.29 is 9.53 Å². The van der Waals surface area contributed by atoms with Crippen molar-refractivity contribution in [3.8, 4) is 0 Å². The number of ether oxygens (including phenoxy) is 1. The number of amides is 1. The summed E-state index contributed by atoms with van der Waals surface area (Å²) in [6, 6.07) is 6.56. The van der Waals surface area contributed by atoms with Crippen LogP contribution in [0.4, 0.5) is 4.79 Å². The zero-order valence-electron chi connectivity index (χ0n) is 12.3. The molecular formula is C16H23NO2. The van der Waals surface area contributed by atoms with Crippen LogP contribution < -0.4 is 0 Å². The SMILES string of the molecule is CCc1ccc2c(c1)CCN(C(=O)OC(C)(C)C)C2. The zero-order valence-corrected chi connectivity index (χ0v) is 12.3. The predicted octanol–water partition coefficient (Wildman–Crippen LogP) is 3.54. The maximum absolute atomic E-state index is 12.1. The molecule has 1 aromatic carbocycles. The molecule has 1 aliphatic rings. The Kier molecular flexibility index (Phi) is 3.83. The molecule has 0 spiro atoms. The van der Waals surface area contributed by atoms with Gasteiger partial charge < -0.3 is 9.64 Å². The number of hydrogen-bond donors (Lipinski definition) is 0. The first-order valence-electron chi connectivity index (χ1n) is 6.97. The number of aryl methyl sites for hydroxylation is 1. The van der Waals surface area contributed by atoms with Crippen molar-refractivity contribution in [3.63, 3.8) is 0 Å². The van der Waals surface area contributed by atoms with E-state index in [-0.39, 0.29) is 6.09 Å². The van der Waals surface area contributed by atoms with Gasteiger partial charge in [0, 0.05) is 13.1 Å². The highest BCUT2D eigenvalue weighted by molar-refractivity contribution is 5.68. The molecule has 0 fully saturated rings. The monoisotopic (exact) mass is 261 g/mol. The molecule has 1 aliphatic heterocycles. The normalized spacial score (nSPS) is 15.1. The molecule has 2 rings (SSSR count). The molecule has 3 heteroatoms. The average Bonchev–Trinajstić information content (AvgIpc) is 2.35. The van der Waals surface area contributed by atoms with Crippen LogP contribution in [0, 0.1) is 0 Å². The molecule has 1 aromatic rings. The van der Waals surface area contributed by atoms with Crippen molar-refractivity contribution in [2.45, 2.75) is 52.7 Å². The van der Waals surface area contributed by atoms with Gasteiger partial charge in [0.2, 0.25) is 0 Å². The fourth-order valence-electron chi connectivity index (χ4n) is 2.31. The Bertz CT molecular complexity index is 474. The molecule has 104 valence electrons. The number of hydrogen-bond acceptors (Lipinski definition) is 2. The van der Waals surface area contributed by atoms with Gasteiger partial charge in [-0.15, -0.1) is 0 Å². The van der Waals surface area contributed by atoms with Crippen molar-refractivity contribution in [2.75, 3.05) is 6.54 Å². The minimum atomic E-state index is -0.427. The van der Waals surface area contributed by atoms with Crippen LogP contribution in [0.25, 0.3) is 0 Å². The molecule has 0 atom stereocenters. The van der Waals surface area contributed by atoms with Crippen LogP contribution in [0.15, 0.2) is 18.2 Å². The lowest BCUT2D eigenvalue weighted by Gasteiger charge is -2.31. The molecule has 0 aliphatic carbocycles. The van der Waals surface area contributed by atoms with E-state index in [1.165, 1.54) is 16.7 Å². The maximum atomic E-state index is 12.1. The Morgan fingerprint density at radius 1 is 1.32 bits per heavy atom. The van der Waals surface area contributed by atoms with Crippen LogP contribution in [0.1, 0.15) is 44.4 Å². The number of nitrogens with zero attached hydrogens (tertiary/aromatic N) is 1. The summed E-state index contributed by atoms with van der Waals surface area (Å²) >= 11 is 0. The van der Waals surface area contributed by atoms with Crippen molar-refractivity contribution >= 4 is 6.09 Å². The third-order valence-electron chi connectivity index (χ3n) is 3.34. The number of benzene rings is 1. The van der Waals surface area contributed by atoms with Gasteiger partial charge in [0.1, 0.15) is 5.60 Å². The minimum absolute atomic E-state index is 0.210.